The number of aromatic nitrogens is 1. The van der Waals surface area contributed by atoms with Crippen LogP contribution < -0.4 is 10.2 Å². The Morgan fingerprint density at radius 1 is 1.24 bits per heavy atom. The van der Waals surface area contributed by atoms with Crippen LogP contribution in [0.4, 0.5) is 5.82 Å². The number of hydrogen-bond donors (Lipinski definition) is 1. The summed E-state index contributed by atoms with van der Waals surface area (Å²) in [5.74, 6) is 0.413. The van der Waals surface area contributed by atoms with Gasteiger partial charge in [-0.2, -0.15) is 0 Å². The van der Waals surface area contributed by atoms with Crippen molar-refractivity contribution in [3.63, 3.8) is 0 Å². The Morgan fingerprint density at radius 2 is 1.97 bits per heavy atom. The number of carbonyl (C=O) groups excluding carboxylic acids is 1. The van der Waals surface area contributed by atoms with Gasteiger partial charge in [0, 0.05) is 39.9 Å². The number of pyridine rings is 1. The molecular formula is C19H23ClN4O4S. The number of amides is 1. The molecule has 1 aliphatic heterocycles. The maximum Gasteiger partial charge on any atom is 0.253 e. The molecule has 1 aromatic carbocycles. The van der Waals surface area contributed by atoms with Gasteiger partial charge in [0.2, 0.25) is 10.0 Å². The van der Waals surface area contributed by atoms with Gasteiger partial charge in [-0.05, 0) is 29.8 Å². The zero-order valence-electron chi connectivity index (χ0n) is 16.3. The van der Waals surface area contributed by atoms with Gasteiger partial charge in [0.15, 0.2) is 0 Å². The summed E-state index contributed by atoms with van der Waals surface area (Å²) < 4.78 is 31.0. The van der Waals surface area contributed by atoms with Gasteiger partial charge in [0.25, 0.3) is 5.91 Å². The average Bonchev–Trinajstić information content (AvgIpc) is 2.73. The topological polar surface area (TPSA) is 91.8 Å². The van der Waals surface area contributed by atoms with Crippen LogP contribution in [0.15, 0.2) is 41.4 Å². The highest BCUT2D eigenvalue weighted by Gasteiger charge is 2.21. The van der Waals surface area contributed by atoms with Crippen LogP contribution in [-0.2, 0) is 21.3 Å². The van der Waals surface area contributed by atoms with E-state index in [2.05, 4.69) is 15.2 Å². The van der Waals surface area contributed by atoms with Gasteiger partial charge in [0.05, 0.1) is 28.7 Å². The molecule has 1 saturated heterocycles. The second-order valence-electron chi connectivity index (χ2n) is 6.74. The third-order valence-corrected chi connectivity index (χ3v) is 6.70. The van der Waals surface area contributed by atoms with E-state index in [1.165, 1.54) is 32.3 Å². The monoisotopic (exact) mass is 438 g/mol. The van der Waals surface area contributed by atoms with Gasteiger partial charge >= 0.3 is 0 Å². The summed E-state index contributed by atoms with van der Waals surface area (Å²) in [6.45, 7) is 3.21. The van der Waals surface area contributed by atoms with Crippen LogP contribution in [-0.4, -0.2) is 64.0 Å². The number of ether oxygens (including phenoxy) is 1. The number of anilines is 1. The molecule has 1 N–H and O–H groups in total. The highest BCUT2D eigenvalue weighted by molar-refractivity contribution is 7.89. The minimum atomic E-state index is -3.66. The highest BCUT2D eigenvalue weighted by Crippen LogP contribution is 2.22. The number of nitrogens with zero attached hydrogens (tertiary/aromatic N) is 3. The Kier molecular flexibility index (Phi) is 6.74. The molecule has 0 unspecified atom stereocenters. The predicted molar refractivity (Wildman–Crippen MR) is 111 cm³/mol. The largest absolute Gasteiger partial charge is 0.378 e. The zero-order chi connectivity index (χ0) is 21.0. The Morgan fingerprint density at radius 3 is 2.59 bits per heavy atom. The molecule has 1 aliphatic rings. The molecule has 2 aromatic rings. The number of nitrogens with one attached hydrogen (secondary N) is 1. The van der Waals surface area contributed by atoms with Gasteiger partial charge in [0.1, 0.15) is 5.82 Å². The van der Waals surface area contributed by atoms with Crippen molar-refractivity contribution in [1.82, 2.24) is 14.6 Å². The van der Waals surface area contributed by atoms with E-state index < -0.39 is 15.9 Å². The van der Waals surface area contributed by atoms with E-state index in [1.54, 1.807) is 6.20 Å². The number of halogens is 1. The van der Waals surface area contributed by atoms with Crippen LogP contribution in [0, 0.1) is 0 Å². The van der Waals surface area contributed by atoms with Crippen molar-refractivity contribution in [2.75, 3.05) is 45.3 Å². The fraction of sp³-hybridized carbons (Fsp3) is 0.368. The molecule has 156 valence electrons. The van der Waals surface area contributed by atoms with Gasteiger partial charge < -0.3 is 15.0 Å². The van der Waals surface area contributed by atoms with Crippen molar-refractivity contribution in [3.05, 3.63) is 52.7 Å². The zero-order valence-corrected chi connectivity index (χ0v) is 17.8. The second-order valence-corrected chi connectivity index (χ2v) is 9.29. The lowest BCUT2D eigenvalue weighted by Crippen LogP contribution is -2.36. The van der Waals surface area contributed by atoms with Crippen molar-refractivity contribution < 1.29 is 17.9 Å². The number of sulfonamides is 1. The lowest BCUT2D eigenvalue weighted by atomic mass is 10.2. The van der Waals surface area contributed by atoms with E-state index in [-0.39, 0.29) is 22.0 Å². The van der Waals surface area contributed by atoms with E-state index in [9.17, 15) is 13.2 Å². The molecule has 0 aliphatic carbocycles. The number of morpholine rings is 1. The molecule has 1 fully saturated rings. The highest BCUT2D eigenvalue weighted by atomic mass is 35.5. The lowest BCUT2D eigenvalue weighted by Gasteiger charge is -2.27. The number of rotatable bonds is 6. The fourth-order valence-electron chi connectivity index (χ4n) is 2.83. The molecule has 0 atom stereocenters. The Labute approximate surface area is 175 Å². The summed E-state index contributed by atoms with van der Waals surface area (Å²) in [4.78, 5) is 19.1. The Hall–Kier alpha value is -2.20. The summed E-state index contributed by atoms with van der Waals surface area (Å²) >= 11 is 6.11. The van der Waals surface area contributed by atoms with Gasteiger partial charge in [-0.15, -0.1) is 0 Å². The second kappa shape index (κ2) is 9.08. The average molecular weight is 439 g/mol. The van der Waals surface area contributed by atoms with Gasteiger partial charge in [-0.3, -0.25) is 4.79 Å². The summed E-state index contributed by atoms with van der Waals surface area (Å²) in [5.41, 5.74) is 0.927. The maximum atomic E-state index is 12.6. The predicted octanol–water partition coefficient (Wildman–Crippen LogP) is 1.75. The van der Waals surface area contributed by atoms with Crippen molar-refractivity contribution in [2.24, 2.45) is 0 Å². The summed E-state index contributed by atoms with van der Waals surface area (Å²) in [7, 11) is -0.806. The molecule has 1 amide bonds. The molecule has 2 heterocycles. The number of benzene rings is 1. The molecule has 29 heavy (non-hydrogen) atoms. The van der Waals surface area contributed by atoms with E-state index in [1.807, 2.05) is 12.1 Å². The van der Waals surface area contributed by atoms with Crippen LogP contribution in [0.25, 0.3) is 0 Å². The fourth-order valence-corrected chi connectivity index (χ4v) is 3.96. The normalized spacial score (nSPS) is 14.8. The van der Waals surface area contributed by atoms with Crippen LogP contribution >= 0.6 is 11.6 Å². The molecule has 3 rings (SSSR count). The molecule has 1 aromatic heterocycles. The van der Waals surface area contributed by atoms with E-state index in [0.717, 1.165) is 28.8 Å². The van der Waals surface area contributed by atoms with Crippen LogP contribution in [0.3, 0.4) is 0 Å². The molecular weight excluding hydrogens is 416 g/mol. The van der Waals surface area contributed by atoms with Crippen LogP contribution in [0.1, 0.15) is 15.9 Å². The van der Waals surface area contributed by atoms with Crippen molar-refractivity contribution in [2.45, 2.75) is 11.4 Å². The Bertz CT molecular complexity index is 974. The first-order valence-corrected chi connectivity index (χ1v) is 10.9. The first-order chi connectivity index (χ1) is 13.8. The van der Waals surface area contributed by atoms with Crippen LogP contribution in [0.5, 0.6) is 0 Å². The molecule has 0 bridgehead atoms. The summed E-state index contributed by atoms with van der Waals surface area (Å²) in [6, 6.07) is 7.87. The van der Waals surface area contributed by atoms with E-state index >= 15 is 0 Å². The van der Waals surface area contributed by atoms with Crippen LogP contribution in [0.2, 0.25) is 5.02 Å². The van der Waals surface area contributed by atoms with E-state index in [0.29, 0.717) is 13.2 Å². The minimum Gasteiger partial charge on any atom is -0.378 e. The van der Waals surface area contributed by atoms with Crippen molar-refractivity contribution in [3.8, 4) is 0 Å². The van der Waals surface area contributed by atoms with Gasteiger partial charge in [-0.1, -0.05) is 17.7 Å². The third kappa shape index (κ3) is 5.05. The lowest BCUT2D eigenvalue weighted by molar-refractivity contribution is 0.0950. The van der Waals surface area contributed by atoms with Crippen molar-refractivity contribution >= 4 is 33.3 Å². The molecule has 10 heteroatoms. The Balaban J connectivity index is 1.67. The smallest absolute Gasteiger partial charge is 0.253 e. The minimum absolute atomic E-state index is 0.00795. The van der Waals surface area contributed by atoms with Gasteiger partial charge in [-0.25, -0.2) is 17.7 Å². The SMILES string of the molecule is CN(C)S(=O)(=O)c1ccc(Cl)c(C(=O)NCc2ccc(N3CCOCC3)nc2)c1. The molecule has 0 radical (unpaired) electrons. The molecule has 0 spiro atoms. The first-order valence-electron chi connectivity index (χ1n) is 9.07. The first kappa shape index (κ1) is 21.5. The molecule has 8 nitrogen and oxygen atoms in total. The molecule has 0 saturated carbocycles. The number of hydrogen-bond acceptors (Lipinski definition) is 6. The van der Waals surface area contributed by atoms with E-state index in [4.69, 9.17) is 16.3 Å². The third-order valence-electron chi connectivity index (χ3n) is 4.56. The number of carbonyl (C=O) groups is 1. The summed E-state index contributed by atoms with van der Waals surface area (Å²) in [6.07, 6.45) is 1.71. The quantitative estimate of drug-likeness (QED) is 0.738. The van der Waals surface area contributed by atoms with Crippen molar-refractivity contribution in [1.29, 1.82) is 0 Å². The standard InChI is InChI=1S/C19H23ClN4O4S/c1-23(2)29(26,27)15-4-5-17(20)16(11-15)19(25)22-13-14-3-6-18(21-12-14)24-7-9-28-10-8-24/h3-6,11-12H,7-10,13H2,1-2H3,(H,22,25). The maximum absolute atomic E-state index is 12.6. The summed E-state index contributed by atoms with van der Waals surface area (Å²) in [5, 5.41) is 2.94.